The molecule has 0 unspecified atom stereocenters. The summed E-state index contributed by atoms with van der Waals surface area (Å²) in [5, 5.41) is 0. The summed E-state index contributed by atoms with van der Waals surface area (Å²) in [4.78, 5) is 14.5. The van der Waals surface area contributed by atoms with E-state index in [4.69, 9.17) is 0 Å². The van der Waals surface area contributed by atoms with Gasteiger partial charge in [0.05, 0.1) is 0 Å². The first-order chi connectivity index (χ1) is 4.84. The molecule has 10 heavy (non-hydrogen) atoms. The van der Waals surface area contributed by atoms with Gasteiger partial charge in [0, 0.05) is 0 Å². The van der Waals surface area contributed by atoms with Crippen LogP contribution in [0, 0.1) is 0 Å². The van der Waals surface area contributed by atoms with Crippen molar-refractivity contribution in [3.8, 4) is 0 Å². The fraction of sp³-hybridized carbons (Fsp3) is 0. The molecule has 0 saturated heterocycles. The monoisotopic (exact) mass is 220 g/mol. The molecule has 0 aromatic carbocycles. The van der Waals surface area contributed by atoms with Crippen molar-refractivity contribution in [2.75, 3.05) is 0 Å². The first-order valence-electron chi connectivity index (χ1n) is 2.60. The molecule has 0 aliphatic heterocycles. The van der Waals surface area contributed by atoms with Gasteiger partial charge in [-0.25, -0.2) is 0 Å². The van der Waals surface area contributed by atoms with E-state index in [-0.39, 0.29) is 0 Å². The summed E-state index contributed by atoms with van der Waals surface area (Å²) >= 11 is 1.26. The maximum atomic E-state index is 10.7. The predicted octanol–water partition coefficient (Wildman–Crippen LogP) is 0.700. The first-order valence-corrected chi connectivity index (χ1v) is 3.41. The Kier molecular flexibility index (Phi) is 2.57. The average molecular weight is 218 g/mol. The molecular formula is C6H4MoNO2. The predicted molar refractivity (Wildman–Crippen MR) is 29.7 cm³/mol. The number of nitrogens with zero attached hydrogens (tertiary/aromatic N) is 1. The summed E-state index contributed by atoms with van der Waals surface area (Å²) in [7, 11) is 0. The molecule has 0 amide bonds. The fourth-order valence-electron chi connectivity index (χ4n) is 0.526. The fourth-order valence-corrected chi connectivity index (χ4v) is 0.736. The standard InChI is InChI=1S/C6H5NO2.Mo/c8-6(9)5-3-1-2-4-7-5;/h1-4H,(H,8,9);/q;+1/p-1. The van der Waals surface area contributed by atoms with E-state index in [9.17, 15) is 4.79 Å². The molecule has 1 aromatic heterocycles. The SMILES string of the molecule is O=C([O][Mo])c1ccccn1. The van der Waals surface area contributed by atoms with Crippen LogP contribution in [0.4, 0.5) is 0 Å². The quantitative estimate of drug-likeness (QED) is 0.651. The van der Waals surface area contributed by atoms with Gasteiger partial charge in [-0.15, -0.1) is 0 Å². The van der Waals surface area contributed by atoms with Crippen molar-refractivity contribution in [2.24, 2.45) is 0 Å². The second-order valence-corrected chi connectivity index (χ2v) is 2.00. The molecule has 1 heterocycles. The van der Waals surface area contributed by atoms with E-state index >= 15 is 0 Å². The molecule has 0 spiro atoms. The third-order valence-electron chi connectivity index (χ3n) is 0.950. The molecule has 0 aliphatic carbocycles. The van der Waals surface area contributed by atoms with Crippen molar-refractivity contribution in [1.29, 1.82) is 0 Å². The van der Waals surface area contributed by atoms with Gasteiger partial charge in [-0.3, -0.25) is 0 Å². The van der Waals surface area contributed by atoms with Crippen molar-refractivity contribution < 1.29 is 28.4 Å². The molecule has 0 atom stereocenters. The molecule has 1 aromatic rings. The third-order valence-corrected chi connectivity index (χ3v) is 1.32. The summed E-state index contributed by atoms with van der Waals surface area (Å²) in [5.41, 5.74) is 0.340. The first kappa shape index (κ1) is 7.42. The van der Waals surface area contributed by atoms with Crippen LogP contribution in [0.15, 0.2) is 24.4 Å². The van der Waals surface area contributed by atoms with Crippen LogP contribution in [-0.4, -0.2) is 11.0 Å². The Labute approximate surface area is 69.8 Å². The van der Waals surface area contributed by atoms with Crippen LogP contribution in [0.25, 0.3) is 0 Å². The Bertz CT molecular complexity index is 224. The third kappa shape index (κ3) is 1.64. The molecule has 0 fully saturated rings. The van der Waals surface area contributed by atoms with Crippen molar-refractivity contribution in [3.05, 3.63) is 30.1 Å². The van der Waals surface area contributed by atoms with Gasteiger partial charge in [0.15, 0.2) is 0 Å². The Morgan fingerprint density at radius 2 is 2.40 bits per heavy atom. The number of hydrogen-bond donors (Lipinski definition) is 0. The molecule has 4 heteroatoms. The van der Waals surface area contributed by atoms with E-state index in [1.807, 2.05) is 0 Å². The van der Waals surface area contributed by atoms with Crippen LogP contribution in [-0.2, 0) is 23.6 Å². The number of rotatable bonds is 1. The van der Waals surface area contributed by atoms with Crippen LogP contribution in [0.5, 0.6) is 0 Å². The maximum absolute atomic E-state index is 10.7. The topological polar surface area (TPSA) is 39.2 Å². The Hall–Kier alpha value is -0.692. The number of carbonyl (C=O) groups excluding carboxylic acids is 1. The number of hydrogen-bond acceptors (Lipinski definition) is 3. The number of aromatic nitrogens is 1. The van der Waals surface area contributed by atoms with E-state index in [1.165, 1.54) is 20.2 Å². The molecule has 51 valence electrons. The van der Waals surface area contributed by atoms with Crippen LogP contribution >= 0.6 is 0 Å². The van der Waals surface area contributed by atoms with Crippen molar-refractivity contribution in [1.82, 2.24) is 4.98 Å². The van der Waals surface area contributed by atoms with Crippen LogP contribution in [0.3, 0.4) is 0 Å². The summed E-state index contributed by atoms with van der Waals surface area (Å²) < 4.78 is 4.44. The zero-order valence-corrected chi connectivity index (χ0v) is 6.99. The van der Waals surface area contributed by atoms with Gasteiger partial charge in [0.25, 0.3) is 0 Å². The van der Waals surface area contributed by atoms with Gasteiger partial charge in [-0.1, -0.05) is 0 Å². The summed E-state index contributed by atoms with van der Waals surface area (Å²) in [6, 6.07) is 5.08. The van der Waals surface area contributed by atoms with E-state index in [2.05, 4.69) is 8.37 Å². The minimum absolute atomic E-state index is 0.340. The van der Waals surface area contributed by atoms with Crippen LogP contribution < -0.4 is 0 Å². The molecule has 1 rings (SSSR count). The Balaban J connectivity index is 2.85. The van der Waals surface area contributed by atoms with Crippen LogP contribution in [0.1, 0.15) is 10.5 Å². The van der Waals surface area contributed by atoms with Gasteiger partial charge in [-0.05, 0) is 0 Å². The Morgan fingerprint density at radius 1 is 1.60 bits per heavy atom. The average Bonchev–Trinajstić information content (AvgIpc) is 2.05. The normalized spacial score (nSPS) is 8.80. The summed E-state index contributed by atoms with van der Waals surface area (Å²) in [6.45, 7) is 0. The second kappa shape index (κ2) is 3.47. The molecule has 0 bridgehead atoms. The van der Waals surface area contributed by atoms with Gasteiger partial charge in [0.2, 0.25) is 0 Å². The molecular weight excluding hydrogens is 214 g/mol. The molecule has 3 nitrogen and oxygen atoms in total. The van der Waals surface area contributed by atoms with E-state index in [0.29, 0.717) is 5.69 Å². The molecule has 0 radical (unpaired) electrons. The van der Waals surface area contributed by atoms with Gasteiger partial charge >= 0.3 is 69.4 Å². The van der Waals surface area contributed by atoms with Crippen LogP contribution in [0.2, 0.25) is 0 Å². The Morgan fingerprint density at radius 3 is 2.90 bits per heavy atom. The summed E-state index contributed by atoms with van der Waals surface area (Å²) in [6.07, 6.45) is 1.55. The number of carbonyl (C=O) groups is 1. The second-order valence-electron chi connectivity index (χ2n) is 1.59. The minimum atomic E-state index is -0.398. The molecule has 0 aliphatic rings. The number of pyridine rings is 1. The van der Waals surface area contributed by atoms with Crippen molar-refractivity contribution >= 4 is 5.97 Å². The molecule has 0 saturated carbocycles. The zero-order valence-electron chi connectivity index (χ0n) is 4.98. The van der Waals surface area contributed by atoms with E-state index in [0.717, 1.165) is 0 Å². The zero-order chi connectivity index (χ0) is 7.40. The molecule has 0 N–H and O–H groups in total. The van der Waals surface area contributed by atoms with Gasteiger partial charge in [-0.2, -0.15) is 0 Å². The van der Waals surface area contributed by atoms with E-state index in [1.54, 1.807) is 24.4 Å². The van der Waals surface area contributed by atoms with E-state index < -0.39 is 5.97 Å². The van der Waals surface area contributed by atoms with Gasteiger partial charge < -0.3 is 0 Å². The van der Waals surface area contributed by atoms with Crippen molar-refractivity contribution in [3.63, 3.8) is 0 Å². The van der Waals surface area contributed by atoms with Crippen molar-refractivity contribution in [2.45, 2.75) is 0 Å². The van der Waals surface area contributed by atoms with Gasteiger partial charge in [0.1, 0.15) is 0 Å². The summed E-state index contributed by atoms with van der Waals surface area (Å²) in [5.74, 6) is -0.398.